The van der Waals surface area contributed by atoms with E-state index in [9.17, 15) is 0 Å². The number of hydrogen-bond acceptors (Lipinski definition) is 2. The lowest BCUT2D eigenvalue weighted by Gasteiger charge is -2.28. The lowest BCUT2D eigenvalue weighted by Crippen LogP contribution is -2.32. The number of fused-ring (bicyclic) bond motifs is 1. The number of hydrogen-bond donors (Lipinski definition) is 1. The number of rotatable bonds is 3. The standard InChI is InChI=1S/C17H17ClNO/c18-17-4-2-1-3-16(17)14-5-6-15-12-19(9-10-20)8-7-13(15)11-14/h1-4,6,11,20H,7-10,12H2. The molecule has 1 aliphatic rings. The van der Waals surface area contributed by atoms with E-state index < -0.39 is 0 Å². The van der Waals surface area contributed by atoms with E-state index in [1.807, 2.05) is 24.3 Å². The molecular weight excluding hydrogens is 270 g/mol. The van der Waals surface area contributed by atoms with Crippen LogP contribution in [0.15, 0.2) is 36.4 Å². The van der Waals surface area contributed by atoms with Crippen molar-refractivity contribution >= 4 is 11.6 Å². The van der Waals surface area contributed by atoms with Crippen molar-refractivity contribution in [2.75, 3.05) is 19.7 Å². The van der Waals surface area contributed by atoms with Gasteiger partial charge in [0.05, 0.1) is 6.61 Å². The highest BCUT2D eigenvalue weighted by atomic mass is 35.5. The van der Waals surface area contributed by atoms with Gasteiger partial charge in [-0.1, -0.05) is 35.9 Å². The third-order valence-corrected chi connectivity index (χ3v) is 4.13. The second-order valence-electron chi connectivity index (χ2n) is 5.13. The molecule has 0 aliphatic carbocycles. The summed E-state index contributed by atoms with van der Waals surface area (Å²) < 4.78 is 0. The molecule has 3 heteroatoms. The molecule has 1 aliphatic heterocycles. The van der Waals surface area contributed by atoms with E-state index in [1.165, 1.54) is 11.1 Å². The van der Waals surface area contributed by atoms with E-state index in [2.05, 4.69) is 23.1 Å². The number of halogens is 1. The van der Waals surface area contributed by atoms with Crippen LogP contribution in [-0.4, -0.2) is 29.7 Å². The minimum absolute atomic E-state index is 0.219. The second kappa shape index (κ2) is 5.96. The van der Waals surface area contributed by atoms with Crippen molar-refractivity contribution in [2.45, 2.75) is 13.0 Å². The first kappa shape index (κ1) is 13.6. The fourth-order valence-corrected chi connectivity index (χ4v) is 2.95. The van der Waals surface area contributed by atoms with Gasteiger partial charge in [0.15, 0.2) is 0 Å². The van der Waals surface area contributed by atoms with Crippen molar-refractivity contribution < 1.29 is 5.11 Å². The minimum Gasteiger partial charge on any atom is -0.395 e. The SMILES string of the molecule is OCCN1CCc2cc(-c3ccccc3Cl)[c]cc2C1. The quantitative estimate of drug-likeness (QED) is 0.937. The maximum atomic E-state index is 9.03. The van der Waals surface area contributed by atoms with Crippen LogP contribution >= 0.6 is 11.6 Å². The molecule has 0 amide bonds. The van der Waals surface area contributed by atoms with Gasteiger partial charge in [0.1, 0.15) is 0 Å². The normalized spacial score (nSPS) is 15.1. The highest BCUT2D eigenvalue weighted by molar-refractivity contribution is 6.33. The Morgan fingerprint density at radius 3 is 2.90 bits per heavy atom. The Kier molecular flexibility index (Phi) is 4.06. The first-order valence-corrected chi connectivity index (χ1v) is 7.27. The predicted molar refractivity (Wildman–Crippen MR) is 81.8 cm³/mol. The molecule has 103 valence electrons. The van der Waals surface area contributed by atoms with Gasteiger partial charge >= 0.3 is 0 Å². The first-order chi connectivity index (χ1) is 9.78. The van der Waals surface area contributed by atoms with Crippen LogP contribution < -0.4 is 0 Å². The summed E-state index contributed by atoms with van der Waals surface area (Å²) in [4.78, 5) is 2.27. The smallest absolute Gasteiger partial charge is 0.0558 e. The Hall–Kier alpha value is -1.35. The van der Waals surface area contributed by atoms with Gasteiger partial charge < -0.3 is 5.11 Å². The Bertz CT molecular complexity index is 612. The monoisotopic (exact) mass is 286 g/mol. The molecule has 1 N–H and O–H groups in total. The molecule has 0 saturated heterocycles. The van der Waals surface area contributed by atoms with Crippen LogP contribution in [0, 0.1) is 6.07 Å². The Morgan fingerprint density at radius 1 is 1.25 bits per heavy atom. The average molecular weight is 287 g/mol. The molecule has 3 rings (SSSR count). The van der Waals surface area contributed by atoms with Crippen molar-refractivity contribution in [2.24, 2.45) is 0 Å². The molecule has 2 aromatic rings. The molecule has 0 unspecified atom stereocenters. The summed E-state index contributed by atoms with van der Waals surface area (Å²) in [6, 6.07) is 15.5. The Labute approximate surface area is 124 Å². The van der Waals surface area contributed by atoms with E-state index in [4.69, 9.17) is 16.7 Å². The lowest BCUT2D eigenvalue weighted by atomic mass is 9.94. The average Bonchev–Trinajstić information content (AvgIpc) is 2.48. The summed E-state index contributed by atoms with van der Waals surface area (Å²) in [5.74, 6) is 0. The maximum Gasteiger partial charge on any atom is 0.0558 e. The van der Waals surface area contributed by atoms with Crippen LogP contribution in [0.25, 0.3) is 11.1 Å². The molecule has 20 heavy (non-hydrogen) atoms. The molecule has 0 atom stereocenters. The number of nitrogens with zero attached hydrogens (tertiary/aromatic N) is 1. The van der Waals surface area contributed by atoms with E-state index in [-0.39, 0.29) is 6.61 Å². The van der Waals surface area contributed by atoms with Gasteiger partial charge in [0.25, 0.3) is 0 Å². The van der Waals surface area contributed by atoms with Crippen LogP contribution in [-0.2, 0) is 13.0 Å². The summed E-state index contributed by atoms with van der Waals surface area (Å²) in [6.07, 6.45) is 1.02. The van der Waals surface area contributed by atoms with Crippen LogP contribution in [0.5, 0.6) is 0 Å². The summed E-state index contributed by atoms with van der Waals surface area (Å²) in [6.45, 7) is 2.86. The Morgan fingerprint density at radius 2 is 2.10 bits per heavy atom. The highest BCUT2D eigenvalue weighted by Gasteiger charge is 2.16. The topological polar surface area (TPSA) is 23.5 Å². The fourth-order valence-electron chi connectivity index (χ4n) is 2.71. The zero-order chi connectivity index (χ0) is 13.9. The summed E-state index contributed by atoms with van der Waals surface area (Å²) in [5.41, 5.74) is 4.77. The van der Waals surface area contributed by atoms with E-state index >= 15 is 0 Å². The minimum atomic E-state index is 0.219. The van der Waals surface area contributed by atoms with Gasteiger partial charge in [0, 0.05) is 30.2 Å². The highest BCUT2D eigenvalue weighted by Crippen LogP contribution is 2.30. The summed E-state index contributed by atoms with van der Waals surface area (Å²) in [5, 5.41) is 9.79. The predicted octanol–water partition coefficient (Wildman–Crippen LogP) is 3.16. The van der Waals surface area contributed by atoms with Gasteiger partial charge in [-0.25, -0.2) is 0 Å². The molecule has 1 radical (unpaired) electrons. The number of aliphatic hydroxyl groups excluding tert-OH is 1. The van der Waals surface area contributed by atoms with E-state index in [0.29, 0.717) is 0 Å². The molecule has 2 aromatic carbocycles. The molecule has 0 bridgehead atoms. The van der Waals surface area contributed by atoms with E-state index in [0.717, 1.165) is 42.2 Å². The number of benzene rings is 2. The third-order valence-electron chi connectivity index (χ3n) is 3.80. The molecule has 2 nitrogen and oxygen atoms in total. The van der Waals surface area contributed by atoms with Crippen LogP contribution in [0.2, 0.25) is 5.02 Å². The lowest BCUT2D eigenvalue weighted by molar-refractivity contribution is 0.184. The maximum absolute atomic E-state index is 9.03. The zero-order valence-electron chi connectivity index (χ0n) is 11.3. The van der Waals surface area contributed by atoms with E-state index in [1.54, 1.807) is 0 Å². The largest absolute Gasteiger partial charge is 0.395 e. The van der Waals surface area contributed by atoms with Gasteiger partial charge in [0.2, 0.25) is 0 Å². The van der Waals surface area contributed by atoms with Crippen molar-refractivity contribution in [3.8, 4) is 11.1 Å². The van der Waals surface area contributed by atoms with Crippen molar-refractivity contribution in [3.63, 3.8) is 0 Å². The fraction of sp³-hybridized carbons (Fsp3) is 0.294. The summed E-state index contributed by atoms with van der Waals surface area (Å²) >= 11 is 6.25. The number of β-amino-alcohol motifs (C(OH)–C–C–N with tert-alkyl or cyclic N) is 1. The first-order valence-electron chi connectivity index (χ1n) is 6.89. The number of aliphatic hydroxyl groups is 1. The molecule has 0 saturated carbocycles. The van der Waals surface area contributed by atoms with Gasteiger partial charge in [-0.05, 0) is 41.3 Å². The molecule has 0 spiro atoms. The van der Waals surface area contributed by atoms with Crippen LogP contribution in [0.4, 0.5) is 0 Å². The molecule has 0 fully saturated rings. The molecule has 1 heterocycles. The third kappa shape index (κ3) is 2.73. The second-order valence-corrected chi connectivity index (χ2v) is 5.53. The van der Waals surface area contributed by atoms with Gasteiger partial charge in [-0.3, -0.25) is 4.90 Å². The summed E-state index contributed by atoms with van der Waals surface area (Å²) in [7, 11) is 0. The van der Waals surface area contributed by atoms with Crippen molar-refractivity contribution in [1.82, 2.24) is 4.90 Å². The van der Waals surface area contributed by atoms with Crippen LogP contribution in [0.1, 0.15) is 11.1 Å². The molecule has 0 aromatic heterocycles. The Balaban J connectivity index is 1.90. The van der Waals surface area contributed by atoms with Crippen molar-refractivity contribution in [1.29, 1.82) is 0 Å². The van der Waals surface area contributed by atoms with Crippen molar-refractivity contribution in [3.05, 3.63) is 58.6 Å². The zero-order valence-corrected chi connectivity index (χ0v) is 12.0. The van der Waals surface area contributed by atoms with Gasteiger partial charge in [-0.2, -0.15) is 0 Å². The molecular formula is C17H17ClNO. The van der Waals surface area contributed by atoms with Crippen LogP contribution in [0.3, 0.4) is 0 Å². The van der Waals surface area contributed by atoms with Gasteiger partial charge in [-0.15, -0.1) is 0 Å².